The number of allylic oxidation sites excluding steroid dienone is 1. The number of hydrogen-bond donors (Lipinski definition) is 0. The molecular formula is C36H38N2O. The molecule has 6 unspecified atom stereocenters. The van der Waals surface area contributed by atoms with E-state index in [2.05, 4.69) is 103 Å². The Labute approximate surface area is 232 Å². The highest BCUT2D eigenvalue weighted by Crippen LogP contribution is 2.69. The average Bonchev–Trinajstić information content (AvgIpc) is 3.48. The van der Waals surface area contributed by atoms with E-state index in [4.69, 9.17) is 4.74 Å². The molecule has 2 fully saturated rings. The largest absolute Gasteiger partial charge is 0.359 e. The first kappa shape index (κ1) is 23.8. The molecule has 1 aromatic heterocycles. The Morgan fingerprint density at radius 1 is 1.00 bits per heavy atom. The summed E-state index contributed by atoms with van der Waals surface area (Å²) < 4.78 is 7.52. The molecule has 2 spiro atoms. The number of hydrogen-bond acceptors (Lipinski definition) is 3. The van der Waals surface area contributed by atoms with Crippen molar-refractivity contribution in [2.75, 3.05) is 7.05 Å². The van der Waals surface area contributed by atoms with E-state index < -0.39 is 0 Å². The second kappa shape index (κ2) is 8.49. The van der Waals surface area contributed by atoms with Gasteiger partial charge in [0.2, 0.25) is 0 Å². The molecule has 1 saturated carbocycles. The van der Waals surface area contributed by atoms with Crippen LogP contribution in [0.2, 0.25) is 0 Å². The minimum Gasteiger partial charge on any atom is -0.359 e. The fourth-order valence-electron chi connectivity index (χ4n) is 9.20. The van der Waals surface area contributed by atoms with Gasteiger partial charge in [0.05, 0.1) is 11.2 Å². The van der Waals surface area contributed by atoms with Crippen molar-refractivity contribution in [3.63, 3.8) is 0 Å². The molecule has 39 heavy (non-hydrogen) atoms. The van der Waals surface area contributed by atoms with Crippen molar-refractivity contribution >= 4 is 10.8 Å². The van der Waals surface area contributed by atoms with E-state index >= 15 is 0 Å². The second-order valence-electron chi connectivity index (χ2n) is 13.2. The van der Waals surface area contributed by atoms with E-state index in [1.807, 2.05) is 12.4 Å². The third kappa shape index (κ3) is 3.45. The van der Waals surface area contributed by atoms with E-state index in [1.165, 1.54) is 45.9 Å². The van der Waals surface area contributed by atoms with Gasteiger partial charge in [-0.15, -0.1) is 0 Å². The number of ether oxygens (including phenoxy) is 1. The van der Waals surface area contributed by atoms with Crippen molar-refractivity contribution in [3.05, 3.63) is 114 Å². The van der Waals surface area contributed by atoms with E-state index in [-0.39, 0.29) is 16.6 Å². The zero-order valence-electron chi connectivity index (χ0n) is 23.1. The average molecular weight is 515 g/mol. The summed E-state index contributed by atoms with van der Waals surface area (Å²) in [6, 6.07) is 20.4. The van der Waals surface area contributed by atoms with E-state index in [0.29, 0.717) is 17.9 Å². The zero-order chi connectivity index (χ0) is 26.2. The summed E-state index contributed by atoms with van der Waals surface area (Å²) >= 11 is 0. The van der Waals surface area contributed by atoms with Crippen LogP contribution in [0.4, 0.5) is 0 Å². The molecule has 3 aromatic rings. The summed E-state index contributed by atoms with van der Waals surface area (Å²) in [5, 5.41) is 2.54. The third-order valence-electron chi connectivity index (χ3n) is 11.2. The number of benzene rings is 2. The van der Waals surface area contributed by atoms with Crippen molar-refractivity contribution in [2.24, 2.45) is 11.3 Å². The number of nitrogens with zero attached hydrogens (tertiary/aromatic N) is 2. The molecule has 1 saturated heterocycles. The van der Waals surface area contributed by atoms with Gasteiger partial charge in [-0.2, -0.15) is 0 Å². The number of likely N-dealkylation sites (N-methyl/N-ethyl adjacent to an activating group) is 1. The molecule has 5 aliphatic rings. The van der Waals surface area contributed by atoms with Gasteiger partial charge in [0.1, 0.15) is 0 Å². The molecular weight excluding hydrogens is 476 g/mol. The topological polar surface area (TPSA) is 25.4 Å². The van der Waals surface area contributed by atoms with Crippen LogP contribution < -0.4 is 0 Å². The van der Waals surface area contributed by atoms with Gasteiger partial charge in [-0.25, -0.2) is 0 Å². The summed E-state index contributed by atoms with van der Waals surface area (Å²) in [5.74, 6) is 1.11. The molecule has 3 heterocycles. The molecule has 6 atom stereocenters. The lowest BCUT2D eigenvalue weighted by Crippen LogP contribution is -2.54. The molecule has 0 amide bonds. The van der Waals surface area contributed by atoms with Crippen molar-refractivity contribution in [3.8, 4) is 0 Å². The smallest absolute Gasteiger partial charge is 0.0975 e. The summed E-state index contributed by atoms with van der Waals surface area (Å²) in [5.41, 5.74) is 5.67. The maximum absolute atomic E-state index is 7.52. The fraction of sp³-hybridized carbons (Fsp3) is 0.417. The van der Waals surface area contributed by atoms with Gasteiger partial charge in [-0.3, -0.25) is 9.88 Å². The Morgan fingerprint density at radius 3 is 2.79 bits per heavy atom. The summed E-state index contributed by atoms with van der Waals surface area (Å²) in [7, 11) is 2.27. The second-order valence-corrected chi connectivity index (χ2v) is 13.2. The standard InChI is InChI=1S/C36H38N2O/c1-34-16-14-30-21-29-10-11-31(38(2)24-25-6-4-3-5-7-25)22-35(29)17-18-36(30,39-35)33(34)13-12-32(34)27-9-8-26-15-19-37-23-28(26)20-27/h3-11,14-15,19-21,23,31-33H,12-13,16-18,22,24H2,1-2H3. The lowest BCUT2D eigenvalue weighted by molar-refractivity contribution is -0.132. The van der Waals surface area contributed by atoms with Crippen molar-refractivity contribution < 1.29 is 4.74 Å². The quantitative estimate of drug-likeness (QED) is 0.356. The molecule has 0 radical (unpaired) electrons. The third-order valence-corrected chi connectivity index (χ3v) is 11.2. The van der Waals surface area contributed by atoms with E-state index in [1.54, 1.807) is 0 Å². The molecule has 2 bridgehead atoms. The lowest BCUT2D eigenvalue weighted by atomic mass is 9.58. The maximum atomic E-state index is 7.52. The molecule has 2 aliphatic heterocycles. The Bertz CT molecular complexity index is 1540. The Balaban J connectivity index is 1.10. The van der Waals surface area contributed by atoms with Crippen LogP contribution in [-0.2, 0) is 11.3 Å². The summed E-state index contributed by atoms with van der Waals surface area (Å²) in [6.45, 7) is 3.53. The first-order chi connectivity index (χ1) is 19.0. The van der Waals surface area contributed by atoms with E-state index in [9.17, 15) is 0 Å². The van der Waals surface area contributed by atoms with Crippen LogP contribution in [0.15, 0.2) is 102 Å². The van der Waals surface area contributed by atoms with E-state index in [0.717, 1.165) is 32.2 Å². The van der Waals surface area contributed by atoms with Crippen LogP contribution in [-0.4, -0.2) is 34.2 Å². The lowest BCUT2D eigenvalue weighted by Gasteiger charge is -2.54. The van der Waals surface area contributed by atoms with Gasteiger partial charge < -0.3 is 4.74 Å². The van der Waals surface area contributed by atoms with Gasteiger partial charge in [0, 0.05) is 30.4 Å². The summed E-state index contributed by atoms with van der Waals surface area (Å²) in [6.07, 6.45) is 20.8. The first-order valence-electron chi connectivity index (χ1n) is 14.9. The minimum atomic E-state index is -0.146. The maximum Gasteiger partial charge on any atom is 0.0975 e. The van der Waals surface area contributed by atoms with Crippen molar-refractivity contribution in [2.45, 2.75) is 75.2 Å². The predicted octanol–water partition coefficient (Wildman–Crippen LogP) is 7.75. The molecule has 0 N–H and O–H groups in total. The highest BCUT2D eigenvalue weighted by Gasteiger charge is 2.66. The Morgan fingerprint density at radius 2 is 1.90 bits per heavy atom. The summed E-state index contributed by atoms with van der Waals surface area (Å²) in [4.78, 5) is 6.90. The van der Waals surface area contributed by atoms with Gasteiger partial charge in [0.15, 0.2) is 0 Å². The molecule has 2 aromatic carbocycles. The van der Waals surface area contributed by atoms with Gasteiger partial charge in [0.25, 0.3) is 0 Å². The fourth-order valence-corrected chi connectivity index (χ4v) is 9.20. The molecule has 3 aliphatic carbocycles. The first-order valence-corrected chi connectivity index (χ1v) is 14.9. The number of fused-ring (bicyclic) bond motifs is 2. The predicted molar refractivity (Wildman–Crippen MR) is 157 cm³/mol. The van der Waals surface area contributed by atoms with Crippen molar-refractivity contribution in [1.82, 2.24) is 9.88 Å². The van der Waals surface area contributed by atoms with Crippen LogP contribution in [0.25, 0.3) is 10.8 Å². The molecule has 8 rings (SSSR count). The SMILES string of the molecule is CN(Cc1ccccc1)C1C=CC2=CC3=CCC4(C)C(c5ccc6ccncc6c5)CCC4C34CCC2(C1)O4. The van der Waals surface area contributed by atoms with Gasteiger partial charge in [-0.05, 0) is 103 Å². The van der Waals surface area contributed by atoms with Gasteiger partial charge >= 0.3 is 0 Å². The normalized spacial score (nSPS) is 36.3. The zero-order valence-corrected chi connectivity index (χ0v) is 23.1. The number of pyridine rings is 1. The van der Waals surface area contributed by atoms with Crippen LogP contribution >= 0.6 is 0 Å². The Kier molecular flexibility index (Phi) is 5.19. The monoisotopic (exact) mass is 514 g/mol. The van der Waals surface area contributed by atoms with Crippen molar-refractivity contribution in [1.29, 1.82) is 0 Å². The van der Waals surface area contributed by atoms with Crippen LogP contribution in [0.3, 0.4) is 0 Å². The molecule has 3 heteroatoms. The van der Waals surface area contributed by atoms with Crippen LogP contribution in [0, 0.1) is 11.3 Å². The van der Waals surface area contributed by atoms with Gasteiger partial charge in [-0.1, -0.05) is 73.7 Å². The highest BCUT2D eigenvalue weighted by molar-refractivity contribution is 5.82. The van der Waals surface area contributed by atoms with Crippen LogP contribution in [0.1, 0.15) is 62.5 Å². The Hall–Kier alpha value is -3.01. The highest BCUT2D eigenvalue weighted by atomic mass is 16.5. The molecule has 3 nitrogen and oxygen atoms in total. The number of aromatic nitrogens is 1. The minimum absolute atomic E-state index is 0.128. The number of rotatable bonds is 4. The molecule has 198 valence electrons. The van der Waals surface area contributed by atoms with Crippen LogP contribution in [0.5, 0.6) is 0 Å².